The summed E-state index contributed by atoms with van der Waals surface area (Å²) in [6.07, 6.45) is 6.27. The molecule has 1 aromatic carbocycles. The van der Waals surface area contributed by atoms with Crippen molar-refractivity contribution in [2.45, 2.75) is 64.2 Å². The largest absolute Gasteiger partial charge is 0.416 e. The lowest BCUT2D eigenvalue weighted by molar-refractivity contribution is -0.119. The Labute approximate surface area is 271 Å². The van der Waals surface area contributed by atoms with E-state index >= 15 is 0 Å². The van der Waals surface area contributed by atoms with E-state index in [2.05, 4.69) is 26.4 Å². The summed E-state index contributed by atoms with van der Waals surface area (Å²) >= 11 is 0. The minimum absolute atomic E-state index is 0.0161. The number of rotatable bonds is 11. The molecule has 2 unspecified atom stereocenters. The van der Waals surface area contributed by atoms with E-state index in [4.69, 9.17) is 4.98 Å². The van der Waals surface area contributed by atoms with E-state index < -0.39 is 23.7 Å². The molecular weight excluding hydrogens is 611 g/mol. The molecule has 250 valence electrons. The second kappa shape index (κ2) is 14.4. The average molecular weight is 652 g/mol. The van der Waals surface area contributed by atoms with Crippen molar-refractivity contribution in [3.8, 4) is 11.4 Å². The van der Waals surface area contributed by atoms with Crippen LogP contribution < -0.4 is 26.4 Å². The van der Waals surface area contributed by atoms with E-state index in [-0.39, 0.29) is 24.9 Å². The molecule has 2 amide bonds. The Bertz CT molecular complexity index is 1650. The van der Waals surface area contributed by atoms with Crippen LogP contribution in [0.1, 0.15) is 57.0 Å². The quantitative estimate of drug-likeness (QED) is 0.204. The molecule has 47 heavy (non-hydrogen) atoms. The second-order valence-corrected chi connectivity index (χ2v) is 11.9. The van der Waals surface area contributed by atoms with Gasteiger partial charge in [0.1, 0.15) is 12.1 Å². The van der Waals surface area contributed by atoms with Crippen molar-refractivity contribution in [2.24, 2.45) is 0 Å². The monoisotopic (exact) mass is 651 g/mol. The van der Waals surface area contributed by atoms with Crippen LogP contribution in [0.3, 0.4) is 0 Å². The highest BCUT2D eigenvalue weighted by atomic mass is 19.4. The molecule has 5 rings (SSSR count). The zero-order valence-electron chi connectivity index (χ0n) is 26.7. The van der Waals surface area contributed by atoms with Crippen LogP contribution in [-0.2, 0) is 20.8 Å². The Morgan fingerprint density at radius 3 is 2.70 bits per heavy atom. The average Bonchev–Trinajstić information content (AvgIpc) is 3.58. The maximum absolute atomic E-state index is 13.2. The number of carbonyl (C=O) groups is 3. The molecule has 10 nitrogen and oxygen atoms in total. The standard InChI is InChI=1S/C34H40F3N7O3/c1-4-26(20-45)44-31-13-9-23(33(47)39-18-22-6-5-7-24(16-22)34(35,36)37)8-11-30(31)41-32(44)28-17-27(10-12-29(28)42-38-3)43-15-14-25(19-43)40-21(2)46/h7-10,12-13,16-17,20,25-26,38,42H,4-6,11,14-15,18-19H2,1-3H3,(H,39,47)(H,40,46). The first-order chi connectivity index (χ1) is 22.5. The minimum atomic E-state index is -4.42. The Balaban J connectivity index is 1.43. The van der Waals surface area contributed by atoms with E-state index in [9.17, 15) is 27.6 Å². The summed E-state index contributed by atoms with van der Waals surface area (Å²) in [6.45, 7) is 4.90. The molecule has 0 radical (unpaired) electrons. The summed E-state index contributed by atoms with van der Waals surface area (Å²) in [4.78, 5) is 44.3. The molecular formula is C34H40F3N7O3. The van der Waals surface area contributed by atoms with Gasteiger partial charge in [0.2, 0.25) is 5.91 Å². The zero-order valence-corrected chi connectivity index (χ0v) is 26.7. The summed E-state index contributed by atoms with van der Waals surface area (Å²) in [6, 6.07) is 5.51. The SMILES string of the molecule is CCC(C=O)n1c(-c2cc(N3CCC(NC(C)=O)C3)ccc2NNC)nc2c1C=CC(C(=O)NCC1=CC(C(F)(F)F)=CCC1)=CC2. The van der Waals surface area contributed by atoms with Crippen LogP contribution >= 0.6 is 0 Å². The molecule has 1 saturated heterocycles. The smallest absolute Gasteiger partial charge is 0.369 e. The van der Waals surface area contributed by atoms with Crippen molar-refractivity contribution >= 4 is 35.6 Å². The number of alkyl halides is 3. The number of amides is 2. The number of nitrogens with zero attached hydrogens (tertiary/aromatic N) is 3. The molecule has 3 aliphatic rings. The molecule has 4 N–H and O–H groups in total. The topological polar surface area (TPSA) is 120 Å². The zero-order chi connectivity index (χ0) is 33.7. The normalized spacial score (nSPS) is 18.4. The van der Waals surface area contributed by atoms with Crippen LogP contribution in [0.15, 0.2) is 59.2 Å². The summed E-state index contributed by atoms with van der Waals surface area (Å²) < 4.78 is 41.4. The number of hydrazine groups is 1. The van der Waals surface area contributed by atoms with Gasteiger partial charge in [0.15, 0.2) is 0 Å². The fourth-order valence-corrected chi connectivity index (χ4v) is 6.25. The number of halogens is 3. The highest BCUT2D eigenvalue weighted by Crippen LogP contribution is 2.37. The number of imidazole rings is 1. The fourth-order valence-electron chi connectivity index (χ4n) is 6.25. The van der Waals surface area contributed by atoms with Crippen molar-refractivity contribution in [3.63, 3.8) is 0 Å². The number of aldehydes is 1. The predicted octanol–water partition coefficient (Wildman–Crippen LogP) is 4.78. The van der Waals surface area contributed by atoms with Gasteiger partial charge in [-0.1, -0.05) is 24.6 Å². The Morgan fingerprint density at radius 2 is 2.00 bits per heavy atom. The fraction of sp³-hybridized carbons (Fsp3) is 0.412. The summed E-state index contributed by atoms with van der Waals surface area (Å²) in [5.41, 5.74) is 10.2. The summed E-state index contributed by atoms with van der Waals surface area (Å²) in [7, 11) is 1.76. The lowest BCUT2D eigenvalue weighted by atomic mass is 9.99. The number of nitrogens with one attached hydrogen (secondary N) is 4. The molecule has 2 heterocycles. The maximum Gasteiger partial charge on any atom is 0.416 e. The van der Waals surface area contributed by atoms with Gasteiger partial charge in [0, 0.05) is 62.9 Å². The molecule has 2 aromatic rings. The van der Waals surface area contributed by atoms with E-state index in [0.717, 1.165) is 42.3 Å². The Kier molecular flexibility index (Phi) is 10.3. The molecule has 2 atom stereocenters. The van der Waals surface area contributed by atoms with Gasteiger partial charge in [-0.3, -0.25) is 9.59 Å². The number of allylic oxidation sites excluding steroid dienone is 4. The molecule has 13 heteroatoms. The van der Waals surface area contributed by atoms with Crippen LogP contribution in [0.5, 0.6) is 0 Å². The van der Waals surface area contributed by atoms with Gasteiger partial charge in [-0.15, -0.1) is 0 Å². The summed E-state index contributed by atoms with van der Waals surface area (Å²) in [5, 5.41) is 5.75. The molecule has 0 saturated carbocycles. The molecule has 0 spiro atoms. The van der Waals surface area contributed by atoms with Gasteiger partial charge in [-0.05, 0) is 62.1 Å². The second-order valence-electron chi connectivity index (χ2n) is 11.9. The third-order valence-corrected chi connectivity index (χ3v) is 8.59. The molecule has 2 aliphatic carbocycles. The number of aromatic nitrogens is 2. The first kappa shape index (κ1) is 33.7. The van der Waals surface area contributed by atoms with E-state index in [1.54, 1.807) is 25.3 Å². The van der Waals surface area contributed by atoms with Gasteiger partial charge in [-0.25, -0.2) is 10.4 Å². The van der Waals surface area contributed by atoms with Crippen molar-refractivity contribution in [1.82, 2.24) is 25.6 Å². The first-order valence-electron chi connectivity index (χ1n) is 15.8. The van der Waals surface area contributed by atoms with Gasteiger partial charge in [0.05, 0.1) is 28.7 Å². The van der Waals surface area contributed by atoms with Gasteiger partial charge >= 0.3 is 6.18 Å². The summed E-state index contributed by atoms with van der Waals surface area (Å²) in [5.74, 6) is 0.131. The van der Waals surface area contributed by atoms with Gasteiger partial charge in [-0.2, -0.15) is 13.2 Å². The maximum atomic E-state index is 13.2. The van der Waals surface area contributed by atoms with Crippen LogP contribution in [0, 0.1) is 0 Å². The van der Waals surface area contributed by atoms with Gasteiger partial charge < -0.3 is 30.3 Å². The van der Waals surface area contributed by atoms with Crippen molar-refractivity contribution in [3.05, 3.63) is 70.6 Å². The highest BCUT2D eigenvalue weighted by Gasteiger charge is 2.33. The van der Waals surface area contributed by atoms with E-state index in [1.807, 2.05) is 29.7 Å². The van der Waals surface area contributed by atoms with E-state index in [1.165, 1.54) is 13.0 Å². The third-order valence-electron chi connectivity index (χ3n) is 8.59. The van der Waals surface area contributed by atoms with Crippen molar-refractivity contribution in [1.29, 1.82) is 0 Å². The van der Waals surface area contributed by atoms with Crippen LogP contribution in [-0.4, -0.2) is 66.6 Å². The lowest BCUT2D eigenvalue weighted by Gasteiger charge is -2.22. The number of hydrogen-bond acceptors (Lipinski definition) is 7. The Morgan fingerprint density at radius 1 is 1.19 bits per heavy atom. The van der Waals surface area contributed by atoms with Crippen LogP contribution in [0.4, 0.5) is 24.5 Å². The number of benzene rings is 1. The van der Waals surface area contributed by atoms with Crippen LogP contribution in [0.25, 0.3) is 17.5 Å². The minimum Gasteiger partial charge on any atom is -0.369 e. The third kappa shape index (κ3) is 7.67. The number of carbonyl (C=O) groups excluding carboxylic acids is 3. The van der Waals surface area contributed by atoms with E-state index in [0.29, 0.717) is 54.2 Å². The molecule has 0 bridgehead atoms. The number of anilines is 2. The Hall–Kier alpha value is -4.65. The lowest BCUT2D eigenvalue weighted by Crippen LogP contribution is -2.35. The highest BCUT2D eigenvalue weighted by molar-refractivity contribution is 5.97. The van der Waals surface area contributed by atoms with Gasteiger partial charge in [0.25, 0.3) is 5.91 Å². The number of hydrogen-bond donors (Lipinski definition) is 4. The number of fused-ring (bicyclic) bond motifs is 1. The first-order valence-corrected chi connectivity index (χ1v) is 15.8. The van der Waals surface area contributed by atoms with Crippen molar-refractivity contribution in [2.75, 3.05) is 37.0 Å². The van der Waals surface area contributed by atoms with Crippen molar-refractivity contribution < 1.29 is 27.6 Å². The molecule has 1 aliphatic heterocycles. The molecule has 1 aromatic heterocycles. The van der Waals surface area contributed by atoms with Crippen LogP contribution in [0.2, 0.25) is 0 Å². The predicted molar refractivity (Wildman–Crippen MR) is 175 cm³/mol. The molecule has 1 fully saturated rings.